The van der Waals surface area contributed by atoms with Crippen LogP contribution in [0.25, 0.3) is 11.0 Å². The van der Waals surface area contributed by atoms with Crippen molar-refractivity contribution in [2.75, 3.05) is 25.0 Å². The van der Waals surface area contributed by atoms with Gasteiger partial charge in [0.1, 0.15) is 0 Å². The van der Waals surface area contributed by atoms with Gasteiger partial charge in [-0.15, -0.1) is 0 Å². The van der Waals surface area contributed by atoms with Crippen molar-refractivity contribution in [3.63, 3.8) is 0 Å². The second-order valence-electron chi connectivity index (χ2n) is 7.78. The Morgan fingerprint density at radius 3 is 2.73 bits per heavy atom. The number of aromatic amines is 1. The molecular weight excluding hydrogens is 401 g/mol. The standard InChI is InChI=1S/C19H25F3N6O2/c1-10(2)24-17-16-13(19(20,21)22)7-14(25-18(16)27-26-17)12-5-4-6-28(9-12)15(30)8-23-11(3)29/h7,10,12H,4-6,8-9H2,1-3H3,(H,23,29)(H2,24,25,26,27)/t12-/m1/s1. The summed E-state index contributed by atoms with van der Waals surface area (Å²) in [7, 11) is 0. The molecule has 0 radical (unpaired) electrons. The largest absolute Gasteiger partial charge is 0.417 e. The maximum Gasteiger partial charge on any atom is 0.417 e. The van der Waals surface area contributed by atoms with E-state index in [1.54, 1.807) is 4.90 Å². The molecule has 1 aliphatic heterocycles. The van der Waals surface area contributed by atoms with Crippen molar-refractivity contribution in [2.24, 2.45) is 0 Å². The van der Waals surface area contributed by atoms with E-state index in [1.165, 1.54) is 6.92 Å². The zero-order valence-electron chi connectivity index (χ0n) is 17.1. The monoisotopic (exact) mass is 426 g/mol. The van der Waals surface area contributed by atoms with E-state index in [0.29, 0.717) is 19.4 Å². The Kier molecular flexibility index (Phi) is 6.18. The number of fused-ring (bicyclic) bond motifs is 1. The normalized spacial score (nSPS) is 17.4. The number of alkyl halides is 3. The highest BCUT2D eigenvalue weighted by molar-refractivity contribution is 5.91. The van der Waals surface area contributed by atoms with Crippen molar-refractivity contribution in [1.29, 1.82) is 0 Å². The quantitative estimate of drug-likeness (QED) is 0.682. The fourth-order valence-electron chi connectivity index (χ4n) is 3.62. The van der Waals surface area contributed by atoms with Crippen LogP contribution < -0.4 is 10.6 Å². The van der Waals surface area contributed by atoms with Gasteiger partial charge in [-0.05, 0) is 32.8 Å². The van der Waals surface area contributed by atoms with Gasteiger partial charge in [-0.2, -0.15) is 18.3 Å². The Labute approximate surface area is 171 Å². The van der Waals surface area contributed by atoms with Crippen LogP contribution in [0.2, 0.25) is 0 Å². The number of aromatic nitrogens is 3. The molecule has 11 heteroatoms. The predicted octanol–water partition coefficient (Wildman–Crippen LogP) is 2.64. The van der Waals surface area contributed by atoms with Crippen LogP contribution in [0.15, 0.2) is 6.07 Å². The van der Waals surface area contributed by atoms with E-state index in [-0.39, 0.29) is 59.4 Å². The third kappa shape index (κ3) is 4.82. The number of halogens is 3. The molecule has 0 bridgehead atoms. The molecule has 1 saturated heterocycles. The molecular formula is C19H25F3N6O2. The van der Waals surface area contributed by atoms with Gasteiger partial charge in [0, 0.05) is 37.7 Å². The summed E-state index contributed by atoms with van der Waals surface area (Å²) in [5.41, 5.74) is -0.475. The summed E-state index contributed by atoms with van der Waals surface area (Å²) in [5, 5.41) is 11.9. The highest BCUT2D eigenvalue weighted by Crippen LogP contribution is 2.39. The topological polar surface area (TPSA) is 103 Å². The number of pyridine rings is 1. The molecule has 1 aliphatic rings. The molecule has 2 amide bonds. The van der Waals surface area contributed by atoms with Gasteiger partial charge < -0.3 is 15.5 Å². The van der Waals surface area contributed by atoms with Gasteiger partial charge in [-0.25, -0.2) is 4.98 Å². The number of amides is 2. The summed E-state index contributed by atoms with van der Waals surface area (Å²) in [6.07, 6.45) is -3.32. The lowest BCUT2D eigenvalue weighted by Gasteiger charge is -2.32. The van der Waals surface area contributed by atoms with Crippen LogP contribution in [0, 0.1) is 0 Å². The Bertz CT molecular complexity index is 940. The Hall–Kier alpha value is -2.85. The number of likely N-dealkylation sites (tertiary alicyclic amines) is 1. The maximum atomic E-state index is 13.8. The first kappa shape index (κ1) is 21.8. The number of anilines is 1. The minimum absolute atomic E-state index is 0.0599. The number of H-pyrrole nitrogens is 1. The molecule has 0 spiro atoms. The highest BCUT2D eigenvalue weighted by atomic mass is 19.4. The van der Waals surface area contributed by atoms with E-state index in [0.717, 1.165) is 6.07 Å². The van der Waals surface area contributed by atoms with Crippen molar-refractivity contribution in [1.82, 2.24) is 25.4 Å². The minimum atomic E-state index is -4.58. The number of carbonyl (C=O) groups is 2. The van der Waals surface area contributed by atoms with Crippen molar-refractivity contribution in [3.05, 3.63) is 17.3 Å². The second kappa shape index (κ2) is 8.49. The molecule has 0 saturated carbocycles. The molecule has 30 heavy (non-hydrogen) atoms. The van der Waals surface area contributed by atoms with Crippen molar-refractivity contribution in [3.8, 4) is 0 Å². The zero-order valence-corrected chi connectivity index (χ0v) is 17.1. The molecule has 1 atom stereocenters. The minimum Gasteiger partial charge on any atom is -0.366 e. The molecule has 2 aromatic heterocycles. The Morgan fingerprint density at radius 2 is 2.10 bits per heavy atom. The Balaban J connectivity index is 1.92. The number of piperidine rings is 1. The molecule has 3 rings (SSSR count). The summed E-state index contributed by atoms with van der Waals surface area (Å²) in [5.74, 6) is -0.807. The molecule has 8 nitrogen and oxygen atoms in total. The third-order valence-electron chi connectivity index (χ3n) is 4.96. The van der Waals surface area contributed by atoms with Crippen LogP contribution in [-0.2, 0) is 15.8 Å². The van der Waals surface area contributed by atoms with E-state index in [1.807, 2.05) is 13.8 Å². The SMILES string of the molecule is CC(=O)NCC(=O)N1CCC[C@@H](c2cc(C(F)(F)F)c3c(NC(C)C)n[nH]c3n2)C1. The molecule has 1 fully saturated rings. The van der Waals surface area contributed by atoms with Crippen molar-refractivity contribution in [2.45, 2.75) is 51.7 Å². The van der Waals surface area contributed by atoms with E-state index in [2.05, 4.69) is 25.8 Å². The molecule has 2 aromatic rings. The first-order valence-corrected chi connectivity index (χ1v) is 9.81. The molecule has 164 valence electrons. The van der Waals surface area contributed by atoms with Crippen molar-refractivity contribution >= 4 is 28.7 Å². The lowest BCUT2D eigenvalue weighted by atomic mass is 9.92. The predicted molar refractivity (Wildman–Crippen MR) is 105 cm³/mol. The lowest BCUT2D eigenvalue weighted by molar-refractivity contribution is -0.136. The number of carbonyl (C=O) groups excluding carboxylic acids is 2. The average Bonchev–Trinajstić information content (AvgIpc) is 3.06. The van der Waals surface area contributed by atoms with E-state index in [4.69, 9.17) is 0 Å². The van der Waals surface area contributed by atoms with Gasteiger partial charge in [0.2, 0.25) is 11.8 Å². The summed E-state index contributed by atoms with van der Waals surface area (Å²) in [4.78, 5) is 29.3. The van der Waals surface area contributed by atoms with Gasteiger partial charge in [0.15, 0.2) is 11.5 Å². The lowest BCUT2D eigenvalue weighted by Crippen LogP contribution is -2.44. The maximum absolute atomic E-state index is 13.8. The van der Waals surface area contributed by atoms with E-state index >= 15 is 0 Å². The average molecular weight is 426 g/mol. The van der Waals surface area contributed by atoms with Crippen LogP contribution in [-0.4, -0.2) is 57.6 Å². The van der Waals surface area contributed by atoms with Gasteiger partial charge in [0.25, 0.3) is 0 Å². The number of hydrogen-bond acceptors (Lipinski definition) is 5. The van der Waals surface area contributed by atoms with Crippen LogP contribution in [0.5, 0.6) is 0 Å². The first-order chi connectivity index (χ1) is 14.1. The number of nitrogens with zero attached hydrogens (tertiary/aromatic N) is 3. The first-order valence-electron chi connectivity index (χ1n) is 9.81. The van der Waals surface area contributed by atoms with Crippen molar-refractivity contribution < 1.29 is 22.8 Å². The van der Waals surface area contributed by atoms with E-state index < -0.39 is 11.7 Å². The molecule has 3 N–H and O–H groups in total. The van der Waals surface area contributed by atoms with Gasteiger partial charge >= 0.3 is 6.18 Å². The third-order valence-corrected chi connectivity index (χ3v) is 4.96. The fraction of sp³-hybridized carbons (Fsp3) is 0.579. The number of rotatable bonds is 5. The van der Waals surface area contributed by atoms with Gasteiger partial charge in [-0.1, -0.05) is 0 Å². The molecule has 0 aliphatic carbocycles. The second-order valence-corrected chi connectivity index (χ2v) is 7.78. The molecule has 0 aromatic carbocycles. The van der Waals surface area contributed by atoms with Crippen LogP contribution in [0.1, 0.15) is 50.8 Å². The van der Waals surface area contributed by atoms with Gasteiger partial charge in [0.05, 0.1) is 17.5 Å². The number of nitrogens with one attached hydrogen (secondary N) is 3. The fourth-order valence-corrected chi connectivity index (χ4v) is 3.62. The molecule has 0 unspecified atom stereocenters. The van der Waals surface area contributed by atoms with Crippen LogP contribution in [0.4, 0.5) is 19.0 Å². The summed E-state index contributed by atoms with van der Waals surface area (Å²) in [6, 6.07) is 0.967. The van der Waals surface area contributed by atoms with Gasteiger partial charge in [-0.3, -0.25) is 14.7 Å². The highest BCUT2D eigenvalue weighted by Gasteiger charge is 2.37. The zero-order chi connectivity index (χ0) is 22.1. The smallest absolute Gasteiger partial charge is 0.366 e. The van der Waals surface area contributed by atoms with E-state index in [9.17, 15) is 22.8 Å². The summed E-state index contributed by atoms with van der Waals surface area (Å²) in [6.45, 7) is 5.55. The van der Waals surface area contributed by atoms with Crippen LogP contribution in [0.3, 0.4) is 0 Å². The summed E-state index contributed by atoms with van der Waals surface area (Å²) < 4.78 is 41.5. The van der Waals surface area contributed by atoms with Crippen LogP contribution >= 0.6 is 0 Å². The molecule has 3 heterocycles. The Morgan fingerprint density at radius 1 is 1.37 bits per heavy atom. The number of hydrogen-bond donors (Lipinski definition) is 3. The summed E-state index contributed by atoms with van der Waals surface area (Å²) >= 11 is 0.